The fraction of sp³-hybridized carbons (Fsp3) is 0.917. The number of hydrogen-bond donors (Lipinski definition) is 2. The summed E-state index contributed by atoms with van der Waals surface area (Å²) in [5, 5.41) is 2.83. The Balaban J connectivity index is 4.09. The fourth-order valence-corrected chi connectivity index (χ4v) is 7.89. The molecule has 0 saturated heterocycles. The molecule has 0 amide bonds. The topological polar surface area (TPSA) is 120 Å². The maximum Gasteiger partial charge on any atom is 0.472 e. The summed E-state index contributed by atoms with van der Waals surface area (Å²) >= 11 is 0. The number of nitrogens with one attached hydrogen (secondary N) is 1. The van der Waals surface area contributed by atoms with Crippen LogP contribution in [0, 0.1) is 0 Å². The van der Waals surface area contributed by atoms with Crippen LogP contribution in [0.25, 0.3) is 0 Å². The summed E-state index contributed by atoms with van der Waals surface area (Å²) in [6.07, 6.45) is 46.9. The summed E-state index contributed by atoms with van der Waals surface area (Å²) in [5.74, 6) is -0.797. The Labute approximate surface area is 358 Å². The average Bonchev–Trinajstić information content (AvgIpc) is 3.21. The van der Waals surface area contributed by atoms with Gasteiger partial charge in [0, 0.05) is 19.4 Å². The van der Waals surface area contributed by atoms with E-state index in [-0.39, 0.29) is 32.0 Å². The Kier molecular flexibility index (Phi) is 44.3. The van der Waals surface area contributed by atoms with Crippen molar-refractivity contribution in [1.82, 2.24) is 5.32 Å². The minimum atomic E-state index is -4.35. The maximum atomic E-state index is 12.7. The van der Waals surface area contributed by atoms with Crippen LogP contribution in [0.2, 0.25) is 0 Å². The van der Waals surface area contributed by atoms with Gasteiger partial charge in [0.05, 0.1) is 13.2 Å². The highest BCUT2D eigenvalue weighted by Crippen LogP contribution is 2.43. The predicted molar refractivity (Wildman–Crippen MR) is 243 cm³/mol. The second-order valence-corrected chi connectivity index (χ2v) is 18.1. The number of ether oxygens (including phenoxy) is 2. The molecule has 0 spiro atoms. The second-order valence-electron chi connectivity index (χ2n) is 16.7. The van der Waals surface area contributed by atoms with Gasteiger partial charge in [0.1, 0.15) is 6.61 Å². The summed E-state index contributed by atoms with van der Waals surface area (Å²) in [6, 6.07) is 0. The van der Waals surface area contributed by atoms with Crippen LogP contribution in [0.1, 0.15) is 245 Å². The maximum absolute atomic E-state index is 12.7. The Morgan fingerprint density at radius 3 is 1.29 bits per heavy atom. The van der Waals surface area contributed by atoms with Gasteiger partial charge in [0.15, 0.2) is 6.10 Å². The average molecular weight is 844 g/mol. The number of carbonyl (C=O) groups is 2. The van der Waals surface area contributed by atoms with E-state index in [4.69, 9.17) is 18.5 Å². The lowest BCUT2D eigenvalue weighted by atomic mass is 10.0. The summed E-state index contributed by atoms with van der Waals surface area (Å²) in [4.78, 5) is 35.2. The van der Waals surface area contributed by atoms with Crippen molar-refractivity contribution in [2.45, 2.75) is 251 Å². The van der Waals surface area contributed by atoms with E-state index in [9.17, 15) is 19.0 Å². The van der Waals surface area contributed by atoms with Crippen molar-refractivity contribution in [3.63, 3.8) is 0 Å². The molecule has 0 aliphatic heterocycles. The van der Waals surface area contributed by atoms with Crippen LogP contribution in [0.5, 0.6) is 0 Å². The molecular weight excluding hydrogens is 750 g/mol. The normalized spacial score (nSPS) is 13.2. The van der Waals surface area contributed by atoms with E-state index in [1.807, 2.05) is 0 Å². The highest BCUT2D eigenvalue weighted by atomic mass is 31.2. The second kappa shape index (κ2) is 45.3. The molecule has 0 saturated carbocycles. The number of unbranched alkanes of at least 4 members (excludes halogenated alkanes) is 31. The van der Waals surface area contributed by atoms with Crippen LogP contribution >= 0.6 is 7.82 Å². The fourth-order valence-electron chi connectivity index (χ4n) is 7.14. The zero-order valence-corrected chi connectivity index (χ0v) is 39.2. The van der Waals surface area contributed by atoms with E-state index in [2.05, 4.69) is 31.3 Å². The van der Waals surface area contributed by atoms with Crippen LogP contribution in [0.4, 0.5) is 0 Å². The van der Waals surface area contributed by atoms with Crippen molar-refractivity contribution in [1.29, 1.82) is 0 Å². The minimum absolute atomic E-state index is 0.0141. The number of carbonyl (C=O) groups excluding carboxylic acids is 2. The third kappa shape index (κ3) is 44.3. The van der Waals surface area contributed by atoms with Crippen LogP contribution < -0.4 is 5.32 Å². The van der Waals surface area contributed by atoms with Crippen molar-refractivity contribution in [3.05, 3.63) is 12.2 Å². The zero-order valence-electron chi connectivity index (χ0n) is 38.3. The first-order valence-electron chi connectivity index (χ1n) is 24.6. The number of allylic oxidation sites excluding steroid dienone is 2. The van der Waals surface area contributed by atoms with Gasteiger partial charge in [0.25, 0.3) is 0 Å². The number of hydrogen-bond acceptors (Lipinski definition) is 8. The standard InChI is InChI=1S/C48H94NO8P/c1-4-6-8-10-12-14-16-18-20-21-22-23-24-25-27-29-31-33-35-37-39-41-48(51)57-46(45-56-58(52,53)55-43-42-49-3)44-54-47(50)40-38-36-34-32-30-28-26-19-17-15-13-11-9-7-5-2/h15,17,46,49H,4-14,16,18-45H2,1-3H3,(H,52,53)/b17-15-. The zero-order chi connectivity index (χ0) is 42.5. The molecule has 2 atom stereocenters. The molecule has 2 unspecified atom stereocenters. The smallest absolute Gasteiger partial charge is 0.462 e. The first-order valence-corrected chi connectivity index (χ1v) is 26.1. The van der Waals surface area contributed by atoms with Gasteiger partial charge in [-0.25, -0.2) is 4.57 Å². The number of likely N-dealkylation sites (N-methyl/N-ethyl adjacent to an activating group) is 1. The number of esters is 2. The molecule has 0 aromatic carbocycles. The van der Waals surface area contributed by atoms with E-state index >= 15 is 0 Å². The molecule has 0 aromatic rings. The van der Waals surface area contributed by atoms with E-state index in [0.29, 0.717) is 13.0 Å². The van der Waals surface area contributed by atoms with Crippen molar-refractivity contribution >= 4 is 19.8 Å². The number of phosphoric acid groups is 1. The molecule has 0 aromatic heterocycles. The minimum Gasteiger partial charge on any atom is -0.462 e. The van der Waals surface area contributed by atoms with Gasteiger partial charge in [-0.15, -0.1) is 0 Å². The largest absolute Gasteiger partial charge is 0.472 e. The van der Waals surface area contributed by atoms with E-state index in [1.54, 1.807) is 7.05 Å². The van der Waals surface area contributed by atoms with Crippen LogP contribution in [-0.2, 0) is 32.7 Å². The first-order chi connectivity index (χ1) is 28.3. The molecule has 0 rings (SSSR count). The lowest BCUT2D eigenvalue weighted by molar-refractivity contribution is -0.161. The van der Waals surface area contributed by atoms with Crippen LogP contribution in [0.3, 0.4) is 0 Å². The lowest BCUT2D eigenvalue weighted by Crippen LogP contribution is -2.29. The molecule has 10 heteroatoms. The molecule has 0 radical (unpaired) electrons. The van der Waals surface area contributed by atoms with Gasteiger partial charge in [0.2, 0.25) is 0 Å². The highest BCUT2D eigenvalue weighted by Gasteiger charge is 2.26. The molecule has 0 heterocycles. The van der Waals surface area contributed by atoms with Gasteiger partial charge in [-0.3, -0.25) is 18.6 Å². The molecule has 0 fully saturated rings. The molecule has 2 N–H and O–H groups in total. The molecule has 0 aliphatic carbocycles. The quantitative estimate of drug-likeness (QED) is 0.0267. The summed E-state index contributed by atoms with van der Waals surface area (Å²) in [5.41, 5.74) is 0. The lowest BCUT2D eigenvalue weighted by Gasteiger charge is -2.20. The predicted octanol–water partition coefficient (Wildman–Crippen LogP) is 14.4. The monoisotopic (exact) mass is 844 g/mol. The van der Waals surface area contributed by atoms with Crippen molar-refractivity contribution in [3.8, 4) is 0 Å². The van der Waals surface area contributed by atoms with Gasteiger partial charge < -0.3 is 19.7 Å². The van der Waals surface area contributed by atoms with Crippen molar-refractivity contribution < 1.29 is 37.6 Å². The van der Waals surface area contributed by atoms with Gasteiger partial charge >= 0.3 is 19.8 Å². The van der Waals surface area contributed by atoms with Gasteiger partial charge in [-0.05, 0) is 45.6 Å². The van der Waals surface area contributed by atoms with E-state index in [0.717, 1.165) is 32.1 Å². The third-order valence-corrected chi connectivity index (χ3v) is 11.9. The SMILES string of the molecule is CCCCCC/C=C\CCCCCCCCCC(=O)OCC(COP(=O)(O)OCCNC)OC(=O)CCCCCCCCCCCCCCCCCCCCCCC. The van der Waals surface area contributed by atoms with Crippen LogP contribution in [0.15, 0.2) is 12.2 Å². The summed E-state index contributed by atoms with van der Waals surface area (Å²) in [6.45, 7) is 4.26. The Bertz CT molecular complexity index is 964. The Morgan fingerprint density at radius 1 is 0.517 bits per heavy atom. The van der Waals surface area contributed by atoms with Crippen molar-refractivity contribution in [2.75, 3.05) is 33.4 Å². The number of phosphoric ester groups is 1. The molecule has 0 aliphatic rings. The highest BCUT2D eigenvalue weighted by molar-refractivity contribution is 7.47. The third-order valence-electron chi connectivity index (χ3n) is 10.9. The van der Waals surface area contributed by atoms with Crippen LogP contribution in [-0.4, -0.2) is 56.3 Å². The molecule has 0 bridgehead atoms. The molecule has 58 heavy (non-hydrogen) atoms. The Morgan fingerprint density at radius 2 is 0.879 bits per heavy atom. The van der Waals surface area contributed by atoms with E-state index < -0.39 is 26.5 Å². The molecule has 344 valence electrons. The Hall–Kier alpha value is -1.25. The summed E-state index contributed by atoms with van der Waals surface area (Å²) in [7, 11) is -2.64. The van der Waals surface area contributed by atoms with Gasteiger partial charge in [-0.1, -0.05) is 206 Å². The first kappa shape index (κ1) is 56.8. The molecule has 9 nitrogen and oxygen atoms in total. The van der Waals surface area contributed by atoms with Crippen molar-refractivity contribution in [2.24, 2.45) is 0 Å². The molecular formula is C48H94NO8P. The van der Waals surface area contributed by atoms with E-state index in [1.165, 1.54) is 180 Å². The number of rotatable bonds is 47. The van der Waals surface area contributed by atoms with Gasteiger partial charge in [-0.2, -0.15) is 0 Å². The summed E-state index contributed by atoms with van der Waals surface area (Å²) < 4.78 is 33.3.